The van der Waals surface area contributed by atoms with Crippen LogP contribution in [-0.2, 0) is 27.8 Å². The summed E-state index contributed by atoms with van der Waals surface area (Å²) in [5, 5.41) is 3.69. The predicted octanol–water partition coefficient (Wildman–Crippen LogP) is 3.73. The number of aromatic nitrogens is 1. The monoisotopic (exact) mass is 501 g/mol. The Morgan fingerprint density at radius 2 is 1.84 bits per heavy atom. The molecule has 0 fully saturated rings. The summed E-state index contributed by atoms with van der Waals surface area (Å²) in [5.41, 5.74) is 1.76. The Morgan fingerprint density at radius 1 is 1.06 bits per heavy atom. The summed E-state index contributed by atoms with van der Waals surface area (Å²) < 4.78 is 34.5. The van der Waals surface area contributed by atoms with Crippen LogP contribution < -0.4 is 10.0 Å². The number of amides is 1. The second-order valence-corrected chi connectivity index (χ2v) is 9.62. The van der Waals surface area contributed by atoms with Crippen molar-refractivity contribution in [1.82, 2.24) is 15.0 Å². The van der Waals surface area contributed by atoms with Gasteiger partial charge in [0.1, 0.15) is 11.8 Å². The Labute approximate surface area is 188 Å². The number of H-pyrrole nitrogens is 1. The first-order chi connectivity index (χ1) is 14.9. The second-order valence-electron chi connectivity index (χ2n) is 6.99. The minimum Gasteiger partial charge on any atom is -0.467 e. The van der Waals surface area contributed by atoms with Crippen LogP contribution in [0.15, 0.2) is 86.9 Å². The molecule has 0 aliphatic rings. The molecule has 0 aliphatic heterocycles. The van der Waals surface area contributed by atoms with Crippen molar-refractivity contribution in [2.24, 2.45) is 0 Å². The van der Waals surface area contributed by atoms with Crippen molar-refractivity contribution in [1.29, 1.82) is 0 Å². The summed E-state index contributed by atoms with van der Waals surface area (Å²) >= 11 is 3.30. The highest BCUT2D eigenvalue weighted by molar-refractivity contribution is 9.10. The molecule has 2 aromatic carbocycles. The highest BCUT2D eigenvalue weighted by Crippen LogP contribution is 2.20. The van der Waals surface area contributed by atoms with Crippen molar-refractivity contribution in [3.8, 4) is 0 Å². The highest BCUT2D eigenvalue weighted by atomic mass is 79.9. The highest BCUT2D eigenvalue weighted by Gasteiger charge is 2.27. The number of halogens is 1. The molecule has 1 unspecified atom stereocenters. The van der Waals surface area contributed by atoms with Gasteiger partial charge >= 0.3 is 0 Å². The van der Waals surface area contributed by atoms with Gasteiger partial charge in [-0.25, -0.2) is 8.42 Å². The average molecular weight is 502 g/mol. The van der Waals surface area contributed by atoms with Crippen LogP contribution in [0.4, 0.5) is 0 Å². The number of carbonyl (C=O) groups excluding carboxylic acids is 1. The number of benzene rings is 2. The lowest BCUT2D eigenvalue weighted by atomic mass is 10.1. The van der Waals surface area contributed by atoms with E-state index in [0.29, 0.717) is 5.76 Å². The summed E-state index contributed by atoms with van der Waals surface area (Å²) in [6.45, 7) is 0.163. The molecule has 0 bridgehead atoms. The van der Waals surface area contributed by atoms with Gasteiger partial charge in [0.15, 0.2) is 0 Å². The van der Waals surface area contributed by atoms with Gasteiger partial charge in [0.05, 0.1) is 17.7 Å². The Bertz CT molecular complexity index is 1280. The van der Waals surface area contributed by atoms with Gasteiger partial charge in [-0.1, -0.05) is 34.1 Å². The fourth-order valence-electron chi connectivity index (χ4n) is 3.29. The standard InChI is InChI=1S/C22H20BrN3O4S/c23-16-7-9-18(10-8-16)31(28,29)26-21(22(27)25-14-17-4-3-11-30-17)12-15-13-24-20-6-2-1-5-19(15)20/h1-11,13,21,24,26H,12,14H2,(H,25,27). The first-order valence-corrected chi connectivity index (χ1v) is 11.8. The van der Waals surface area contributed by atoms with E-state index in [1.807, 2.05) is 24.3 Å². The molecule has 0 saturated carbocycles. The number of furan rings is 1. The quantitative estimate of drug-likeness (QED) is 0.342. The number of carbonyl (C=O) groups is 1. The maximum Gasteiger partial charge on any atom is 0.241 e. The molecule has 2 aromatic heterocycles. The number of nitrogens with one attached hydrogen (secondary N) is 3. The fraction of sp³-hybridized carbons (Fsp3) is 0.136. The molecule has 4 aromatic rings. The Hall–Kier alpha value is -2.88. The molecule has 1 atom stereocenters. The summed E-state index contributed by atoms with van der Waals surface area (Å²) in [4.78, 5) is 16.2. The molecule has 160 valence electrons. The fourth-order valence-corrected chi connectivity index (χ4v) is 4.75. The number of fused-ring (bicyclic) bond motifs is 1. The molecular weight excluding hydrogens is 482 g/mol. The smallest absolute Gasteiger partial charge is 0.241 e. The van der Waals surface area contributed by atoms with Gasteiger partial charge in [-0.05, 0) is 54.4 Å². The molecule has 2 heterocycles. The van der Waals surface area contributed by atoms with Crippen molar-refractivity contribution in [3.05, 3.63) is 88.9 Å². The number of hydrogen-bond donors (Lipinski definition) is 3. The minimum atomic E-state index is -3.92. The third kappa shape index (κ3) is 5.07. The van der Waals surface area contributed by atoms with E-state index in [1.54, 1.807) is 30.5 Å². The minimum absolute atomic E-state index is 0.0819. The van der Waals surface area contributed by atoms with Gasteiger partial charge in [0.2, 0.25) is 15.9 Å². The van der Waals surface area contributed by atoms with E-state index in [4.69, 9.17) is 4.42 Å². The average Bonchev–Trinajstić information content (AvgIpc) is 3.42. The van der Waals surface area contributed by atoms with Crippen LogP contribution in [0.3, 0.4) is 0 Å². The van der Waals surface area contributed by atoms with Gasteiger partial charge in [-0.3, -0.25) is 4.79 Å². The van der Waals surface area contributed by atoms with E-state index in [1.165, 1.54) is 18.4 Å². The zero-order valence-electron chi connectivity index (χ0n) is 16.3. The molecule has 4 rings (SSSR count). The molecule has 1 amide bonds. The number of aromatic amines is 1. The zero-order valence-corrected chi connectivity index (χ0v) is 18.7. The lowest BCUT2D eigenvalue weighted by Gasteiger charge is -2.18. The van der Waals surface area contributed by atoms with E-state index in [-0.39, 0.29) is 17.9 Å². The molecule has 0 saturated heterocycles. The van der Waals surface area contributed by atoms with Gasteiger partial charge in [-0.15, -0.1) is 0 Å². The van der Waals surface area contributed by atoms with Gasteiger partial charge in [0.25, 0.3) is 0 Å². The topological polar surface area (TPSA) is 104 Å². The first kappa shape index (κ1) is 21.4. The van der Waals surface area contributed by atoms with Gasteiger partial charge in [0, 0.05) is 21.6 Å². The van der Waals surface area contributed by atoms with Crippen LogP contribution in [0, 0.1) is 0 Å². The zero-order chi connectivity index (χ0) is 21.8. The summed E-state index contributed by atoms with van der Waals surface area (Å²) in [6.07, 6.45) is 3.50. The predicted molar refractivity (Wildman–Crippen MR) is 121 cm³/mol. The van der Waals surface area contributed by atoms with Crippen molar-refractivity contribution >= 4 is 42.8 Å². The third-order valence-electron chi connectivity index (χ3n) is 4.85. The van der Waals surface area contributed by atoms with Crippen molar-refractivity contribution in [3.63, 3.8) is 0 Å². The second kappa shape index (κ2) is 9.09. The van der Waals surface area contributed by atoms with Crippen molar-refractivity contribution in [2.45, 2.75) is 23.9 Å². The van der Waals surface area contributed by atoms with E-state index < -0.39 is 22.0 Å². The largest absolute Gasteiger partial charge is 0.467 e. The SMILES string of the molecule is O=C(NCc1ccco1)C(Cc1c[nH]c2ccccc12)NS(=O)(=O)c1ccc(Br)cc1. The molecule has 0 radical (unpaired) electrons. The molecule has 7 nitrogen and oxygen atoms in total. The number of para-hydroxylation sites is 1. The molecule has 31 heavy (non-hydrogen) atoms. The van der Waals surface area contributed by atoms with Crippen LogP contribution in [0.2, 0.25) is 0 Å². The maximum absolute atomic E-state index is 13.0. The molecule has 3 N–H and O–H groups in total. The van der Waals surface area contributed by atoms with Gasteiger partial charge in [-0.2, -0.15) is 4.72 Å². The molecule has 0 aliphatic carbocycles. The van der Waals surface area contributed by atoms with Crippen LogP contribution >= 0.6 is 15.9 Å². The van der Waals surface area contributed by atoms with Crippen LogP contribution in [0.25, 0.3) is 10.9 Å². The Balaban J connectivity index is 1.59. The third-order valence-corrected chi connectivity index (χ3v) is 6.87. The molecular formula is C22H20BrN3O4S. The Kier molecular flexibility index (Phi) is 6.26. The van der Waals surface area contributed by atoms with Crippen LogP contribution in [0.1, 0.15) is 11.3 Å². The first-order valence-electron chi connectivity index (χ1n) is 9.55. The normalized spacial score (nSPS) is 12.7. The lowest BCUT2D eigenvalue weighted by Crippen LogP contribution is -2.47. The number of hydrogen-bond acceptors (Lipinski definition) is 4. The number of sulfonamides is 1. The lowest BCUT2D eigenvalue weighted by molar-refractivity contribution is -0.122. The van der Waals surface area contributed by atoms with E-state index >= 15 is 0 Å². The van der Waals surface area contributed by atoms with Crippen LogP contribution in [-0.4, -0.2) is 25.4 Å². The molecule has 9 heteroatoms. The van der Waals surface area contributed by atoms with Gasteiger partial charge < -0.3 is 14.7 Å². The van der Waals surface area contributed by atoms with Crippen molar-refractivity contribution in [2.75, 3.05) is 0 Å². The molecule has 0 spiro atoms. The summed E-state index contributed by atoms with van der Waals surface area (Å²) in [7, 11) is -3.92. The van der Waals surface area contributed by atoms with Crippen molar-refractivity contribution < 1.29 is 17.6 Å². The number of rotatable bonds is 8. The summed E-state index contributed by atoms with van der Waals surface area (Å²) in [5.74, 6) is 0.136. The van der Waals surface area contributed by atoms with E-state index in [2.05, 4.69) is 31.0 Å². The van der Waals surface area contributed by atoms with E-state index in [9.17, 15) is 13.2 Å². The van der Waals surface area contributed by atoms with E-state index in [0.717, 1.165) is 20.9 Å². The Morgan fingerprint density at radius 3 is 2.58 bits per heavy atom. The van der Waals surface area contributed by atoms with Crippen LogP contribution in [0.5, 0.6) is 0 Å². The maximum atomic E-state index is 13.0. The summed E-state index contributed by atoms with van der Waals surface area (Å²) in [6, 6.07) is 16.4.